The molecule has 3 amide bonds. The van der Waals surface area contributed by atoms with Gasteiger partial charge in [0.2, 0.25) is 24.5 Å². The molecule has 0 N–H and O–H groups in total. The Morgan fingerprint density at radius 1 is 0.976 bits per heavy atom. The second-order valence-corrected chi connectivity index (χ2v) is 12.7. The van der Waals surface area contributed by atoms with Crippen LogP contribution in [0.4, 0.5) is 0 Å². The van der Waals surface area contributed by atoms with Gasteiger partial charge >= 0.3 is 0 Å². The lowest BCUT2D eigenvalue weighted by Crippen LogP contribution is -2.46. The molecule has 9 nitrogen and oxygen atoms in total. The second kappa shape index (κ2) is 17.5. The van der Waals surface area contributed by atoms with Gasteiger partial charge < -0.3 is 18.9 Å². The van der Waals surface area contributed by atoms with E-state index in [0.717, 1.165) is 74.3 Å². The van der Waals surface area contributed by atoms with Crippen molar-refractivity contribution >= 4 is 17.7 Å². The fraction of sp³-hybridized carbons (Fsp3) is 0.727. The van der Waals surface area contributed by atoms with Crippen molar-refractivity contribution in [3.8, 4) is 0 Å². The van der Waals surface area contributed by atoms with E-state index in [4.69, 9.17) is 9.47 Å². The Labute approximate surface area is 254 Å². The molecule has 2 atom stereocenters. The summed E-state index contributed by atoms with van der Waals surface area (Å²) in [5.74, 6) is 2.44. The zero-order chi connectivity index (χ0) is 31.3. The lowest BCUT2D eigenvalue weighted by Gasteiger charge is -2.33. The Morgan fingerprint density at radius 2 is 1.62 bits per heavy atom. The highest BCUT2D eigenvalue weighted by atomic mass is 16.7. The van der Waals surface area contributed by atoms with Crippen LogP contribution in [-0.2, 0) is 23.9 Å². The molecule has 3 aliphatic rings. The van der Waals surface area contributed by atoms with Crippen LogP contribution in [0.3, 0.4) is 0 Å². The van der Waals surface area contributed by atoms with Crippen LogP contribution in [0.25, 0.3) is 0 Å². The van der Waals surface area contributed by atoms with Crippen LogP contribution >= 0.6 is 0 Å². The van der Waals surface area contributed by atoms with Crippen molar-refractivity contribution in [2.24, 2.45) is 5.92 Å². The van der Waals surface area contributed by atoms with Crippen molar-refractivity contribution in [1.29, 1.82) is 0 Å². The number of hydrogen-bond acceptors (Lipinski definition) is 6. The Balaban J connectivity index is 0.000000581. The van der Waals surface area contributed by atoms with E-state index in [-0.39, 0.29) is 17.7 Å². The Bertz CT molecular complexity index is 981. The van der Waals surface area contributed by atoms with Crippen LogP contribution in [0.5, 0.6) is 0 Å². The first-order chi connectivity index (χ1) is 19.9. The molecule has 0 aromatic rings. The molecule has 42 heavy (non-hydrogen) atoms. The fourth-order valence-electron chi connectivity index (χ4n) is 5.20. The number of carbonyl (C=O) groups excluding carboxylic acids is 3. The fourth-order valence-corrected chi connectivity index (χ4v) is 5.20. The van der Waals surface area contributed by atoms with Gasteiger partial charge in [0.05, 0.1) is 40.7 Å². The number of likely N-dealkylation sites (tertiary alicyclic amines) is 1. The van der Waals surface area contributed by atoms with Gasteiger partial charge in [0.25, 0.3) is 0 Å². The molecule has 0 spiro atoms. The molecule has 2 aliphatic heterocycles. The molecule has 3 rings (SSSR count). The number of fused-ring (bicyclic) bond motifs is 2. The van der Waals surface area contributed by atoms with Gasteiger partial charge in [-0.1, -0.05) is 33.3 Å². The molecule has 2 bridgehead atoms. The topological polar surface area (TPSA) is 79.4 Å². The summed E-state index contributed by atoms with van der Waals surface area (Å²) in [6, 6.07) is 0.354. The molecular weight excluding hydrogens is 532 g/mol. The molecule has 2 fully saturated rings. The second-order valence-electron chi connectivity index (χ2n) is 12.7. The van der Waals surface area contributed by atoms with Crippen molar-refractivity contribution in [3.63, 3.8) is 0 Å². The van der Waals surface area contributed by atoms with Gasteiger partial charge in [-0.15, -0.1) is 0 Å². The van der Waals surface area contributed by atoms with Gasteiger partial charge in [0.15, 0.2) is 0 Å². The minimum atomic E-state index is -0.0255. The van der Waals surface area contributed by atoms with E-state index in [2.05, 4.69) is 76.9 Å². The van der Waals surface area contributed by atoms with Gasteiger partial charge in [-0.05, 0) is 50.3 Å². The summed E-state index contributed by atoms with van der Waals surface area (Å²) in [6.07, 6.45) is 12.1. The summed E-state index contributed by atoms with van der Waals surface area (Å²) in [4.78, 5) is 40.6. The molecule has 0 aromatic heterocycles. The normalized spacial score (nSPS) is 18.1. The number of hydrogen-bond donors (Lipinski definition) is 0. The van der Waals surface area contributed by atoms with Crippen LogP contribution in [0, 0.1) is 5.92 Å². The monoisotopic (exact) mass is 589 g/mol. The van der Waals surface area contributed by atoms with E-state index >= 15 is 0 Å². The van der Waals surface area contributed by atoms with Crippen LogP contribution in [0.15, 0.2) is 35.3 Å². The molecule has 0 aromatic carbocycles. The van der Waals surface area contributed by atoms with Crippen molar-refractivity contribution in [1.82, 2.24) is 14.7 Å². The average molecular weight is 590 g/mol. The van der Waals surface area contributed by atoms with Gasteiger partial charge in [-0.25, -0.2) is 0 Å². The van der Waals surface area contributed by atoms with Crippen molar-refractivity contribution in [2.45, 2.75) is 85.6 Å². The van der Waals surface area contributed by atoms with Crippen molar-refractivity contribution < 1.29 is 28.3 Å². The molecule has 1 aliphatic carbocycles. The Morgan fingerprint density at radius 3 is 2.19 bits per heavy atom. The largest absolute Gasteiger partial charge is 0.461 e. The predicted molar refractivity (Wildman–Crippen MR) is 167 cm³/mol. The smallest absolute Gasteiger partial charge is 0.236 e. The molecule has 238 valence electrons. The van der Waals surface area contributed by atoms with Gasteiger partial charge in [0, 0.05) is 51.5 Å². The van der Waals surface area contributed by atoms with E-state index in [9.17, 15) is 14.4 Å². The number of unbranched alkanes of at least 4 members (excludes halogenated alkanes) is 1. The van der Waals surface area contributed by atoms with E-state index in [1.54, 1.807) is 6.92 Å². The summed E-state index contributed by atoms with van der Waals surface area (Å²) in [5, 5.41) is 0. The minimum Gasteiger partial charge on any atom is -0.461 e. The first-order valence-electron chi connectivity index (χ1n) is 15.9. The number of amides is 3. The highest BCUT2D eigenvalue weighted by Crippen LogP contribution is 2.28. The Hall–Kier alpha value is -2.65. The third-order valence-corrected chi connectivity index (χ3v) is 8.12. The maximum Gasteiger partial charge on any atom is 0.236 e. The highest BCUT2D eigenvalue weighted by Gasteiger charge is 2.27. The zero-order valence-electron chi connectivity index (χ0n) is 27.6. The quantitative estimate of drug-likeness (QED) is 0.204. The third-order valence-electron chi connectivity index (χ3n) is 8.12. The summed E-state index contributed by atoms with van der Waals surface area (Å²) >= 11 is 0. The van der Waals surface area contributed by atoms with Crippen molar-refractivity contribution in [3.05, 3.63) is 35.3 Å². The van der Waals surface area contributed by atoms with E-state index in [1.807, 2.05) is 0 Å². The summed E-state index contributed by atoms with van der Waals surface area (Å²) in [5.41, 5.74) is 1.23. The van der Waals surface area contributed by atoms with Crippen LogP contribution in [0.1, 0.15) is 79.6 Å². The Kier molecular flexibility index (Phi) is 14.8. The van der Waals surface area contributed by atoms with Gasteiger partial charge in [-0.3, -0.25) is 24.2 Å². The number of allylic oxidation sites excluding steroid dienone is 3. The molecule has 9 heteroatoms. The van der Waals surface area contributed by atoms with Crippen LogP contribution < -0.4 is 0 Å². The van der Waals surface area contributed by atoms with Crippen molar-refractivity contribution in [2.75, 3.05) is 67.2 Å². The zero-order valence-corrected chi connectivity index (χ0v) is 27.6. The third kappa shape index (κ3) is 11.9. The van der Waals surface area contributed by atoms with Gasteiger partial charge in [-0.2, -0.15) is 0 Å². The van der Waals surface area contributed by atoms with E-state index < -0.39 is 0 Å². The first kappa shape index (κ1) is 35.5. The van der Waals surface area contributed by atoms with Crippen LogP contribution in [-0.4, -0.2) is 110 Å². The first-order valence-corrected chi connectivity index (χ1v) is 15.9. The summed E-state index contributed by atoms with van der Waals surface area (Å²) in [6.45, 7) is 15.6. The maximum absolute atomic E-state index is 13.4. The van der Waals surface area contributed by atoms with Crippen LogP contribution in [0.2, 0.25) is 0 Å². The van der Waals surface area contributed by atoms with E-state index in [1.165, 1.54) is 10.5 Å². The average Bonchev–Trinajstić information content (AvgIpc) is 3.19. The number of ether oxygens (including phenoxy) is 2. The molecule has 2 heterocycles. The number of nitrogens with zero attached hydrogens (tertiary/aromatic N) is 4. The minimum absolute atomic E-state index is 0.0255. The lowest BCUT2D eigenvalue weighted by atomic mass is 9.98. The standard InChI is InChI=1S/C27H48N3O3.C6H9NO2/c1-8-10-14-28(15-11-16-30(5,6)7)27(31)20-29(23(4)9-2)19-22(3)24-12-13-25-18-26(17-24)33-21-32-25;1-2-7-5(8)3-4-6(7)9/h12-13,17,22-23H,8-11,14-16,18-21H2,1-7H3;2-4H2,1H3/q+1;/t22-,23?;/m1./s1. The molecule has 0 radical (unpaired) electrons. The maximum atomic E-state index is 13.4. The summed E-state index contributed by atoms with van der Waals surface area (Å²) < 4.78 is 12.1. The number of imide groups is 1. The lowest BCUT2D eigenvalue weighted by molar-refractivity contribution is -0.870. The van der Waals surface area contributed by atoms with E-state index in [0.29, 0.717) is 44.7 Å². The highest BCUT2D eigenvalue weighted by molar-refractivity contribution is 6.01. The molecule has 2 saturated heterocycles. The number of quaternary nitrogens is 1. The molecule has 0 saturated carbocycles. The summed E-state index contributed by atoms with van der Waals surface area (Å²) in [7, 11) is 6.63. The number of rotatable bonds is 15. The SMILES string of the molecule is CCCCN(CCC[N+](C)(C)C)C(=O)CN(C[C@@H](C)C1=CC=C2CC(=C1)OCO2)C(C)CC.CCN1C(=O)CCC1=O. The predicted octanol–water partition coefficient (Wildman–Crippen LogP) is 4.71. The number of carbonyl (C=O) groups is 3. The molecule has 1 unspecified atom stereocenters. The molecular formula is C33H57N4O5+. The van der Waals surface area contributed by atoms with Gasteiger partial charge in [0.1, 0.15) is 11.5 Å².